The number of aryl methyl sites for hydroxylation is 1. The molecule has 0 aliphatic carbocycles. The molecular weight excluding hydrogens is 310 g/mol. The van der Waals surface area contributed by atoms with Gasteiger partial charge in [0, 0.05) is 24.7 Å². The van der Waals surface area contributed by atoms with Crippen molar-refractivity contribution in [3.05, 3.63) is 51.8 Å². The second-order valence-corrected chi connectivity index (χ2v) is 6.19. The van der Waals surface area contributed by atoms with Crippen LogP contribution in [0.3, 0.4) is 0 Å². The number of hydrogen-bond acceptors (Lipinski definition) is 6. The number of nitrogens with zero attached hydrogens (tertiary/aromatic N) is 3. The first-order chi connectivity index (χ1) is 11.3. The molecule has 1 aliphatic heterocycles. The maximum absolute atomic E-state index is 11.5. The molecule has 3 rings (SSSR count). The molecule has 0 fully saturated rings. The van der Waals surface area contributed by atoms with Gasteiger partial charge in [-0.05, 0) is 32.0 Å². The summed E-state index contributed by atoms with van der Waals surface area (Å²) in [5.41, 5.74) is -0.142. The molecule has 2 heterocycles. The predicted octanol–water partition coefficient (Wildman–Crippen LogP) is 1.30. The Morgan fingerprint density at radius 3 is 2.79 bits per heavy atom. The molecule has 1 aliphatic rings. The van der Waals surface area contributed by atoms with Gasteiger partial charge in [-0.25, -0.2) is 4.68 Å². The first-order valence-electron chi connectivity index (χ1n) is 7.44. The number of nitriles is 1. The van der Waals surface area contributed by atoms with Crippen molar-refractivity contribution >= 4 is 0 Å². The van der Waals surface area contributed by atoms with Crippen molar-refractivity contribution in [1.82, 2.24) is 9.78 Å². The highest BCUT2D eigenvalue weighted by atomic mass is 16.5. The Morgan fingerprint density at radius 2 is 2.12 bits per heavy atom. The molecule has 7 nitrogen and oxygen atoms in total. The molecule has 2 aromatic rings. The Morgan fingerprint density at radius 1 is 1.38 bits per heavy atom. The molecule has 0 unspecified atom stereocenters. The Balaban J connectivity index is 2.06. The first kappa shape index (κ1) is 16.0. The summed E-state index contributed by atoms with van der Waals surface area (Å²) in [6.45, 7) is 3.51. The van der Waals surface area contributed by atoms with Crippen molar-refractivity contribution in [2.24, 2.45) is 7.05 Å². The lowest BCUT2D eigenvalue weighted by atomic mass is 9.88. The fourth-order valence-electron chi connectivity index (χ4n) is 2.61. The third-order valence-electron chi connectivity index (χ3n) is 4.00. The topological polar surface area (TPSA) is 97.4 Å². The quantitative estimate of drug-likeness (QED) is 0.893. The molecule has 0 bridgehead atoms. The van der Waals surface area contributed by atoms with Gasteiger partial charge >= 0.3 is 0 Å². The van der Waals surface area contributed by atoms with Crippen molar-refractivity contribution in [2.45, 2.75) is 31.7 Å². The van der Waals surface area contributed by atoms with Crippen molar-refractivity contribution in [3.63, 3.8) is 0 Å². The standard InChI is InChI=1S/C17H17N3O4/c1-17(2)16(22)15(23-13-6-7-14(21)20(3)19-13)11-8-10(9-18)4-5-12(11)24-17/h4-8,15-16,22H,1-3H3/t15-,16-/m1/s1. The van der Waals surface area contributed by atoms with Gasteiger partial charge in [0.15, 0.2) is 6.10 Å². The molecule has 1 N–H and O–H groups in total. The normalized spacial score (nSPS) is 21.3. The van der Waals surface area contributed by atoms with Gasteiger partial charge in [0.05, 0.1) is 11.6 Å². The monoisotopic (exact) mass is 327 g/mol. The SMILES string of the molecule is Cn1nc(O[C@@H]2c3cc(C#N)ccc3OC(C)(C)[C@@H]2O)ccc1=O. The number of hydrogen-bond donors (Lipinski definition) is 1. The average molecular weight is 327 g/mol. The van der Waals surface area contributed by atoms with E-state index < -0.39 is 17.8 Å². The van der Waals surface area contributed by atoms with E-state index in [0.29, 0.717) is 16.9 Å². The molecule has 1 aromatic heterocycles. The van der Waals surface area contributed by atoms with Crippen LogP contribution in [-0.4, -0.2) is 26.6 Å². The number of benzene rings is 1. The lowest BCUT2D eigenvalue weighted by Gasteiger charge is -2.41. The van der Waals surface area contributed by atoms with Crippen LogP contribution in [0.2, 0.25) is 0 Å². The van der Waals surface area contributed by atoms with Gasteiger partial charge in [-0.3, -0.25) is 4.79 Å². The summed E-state index contributed by atoms with van der Waals surface area (Å²) < 4.78 is 12.8. The van der Waals surface area contributed by atoms with Gasteiger partial charge in [-0.15, -0.1) is 5.10 Å². The Bertz CT molecular complexity index is 882. The van der Waals surface area contributed by atoms with Crippen LogP contribution in [-0.2, 0) is 7.05 Å². The lowest BCUT2D eigenvalue weighted by Crippen LogP contribution is -2.50. The van der Waals surface area contributed by atoms with E-state index in [-0.39, 0.29) is 11.4 Å². The molecule has 0 saturated carbocycles. The zero-order chi connectivity index (χ0) is 17.5. The minimum atomic E-state index is -0.988. The van der Waals surface area contributed by atoms with E-state index in [2.05, 4.69) is 11.2 Å². The molecule has 2 atom stereocenters. The Labute approximate surface area is 138 Å². The minimum absolute atomic E-state index is 0.201. The highest BCUT2D eigenvalue weighted by Gasteiger charge is 2.44. The van der Waals surface area contributed by atoms with Crippen LogP contribution >= 0.6 is 0 Å². The highest BCUT2D eigenvalue weighted by Crippen LogP contribution is 2.42. The van der Waals surface area contributed by atoms with E-state index in [1.807, 2.05) is 0 Å². The third-order valence-corrected chi connectivity index (χ3v) is 4.00. The van der Waals surface area contributed by atoms with Gasteiger partial charge in [-0.1, -0.05) is 0 Å². The number of aromatic nitrogens is 2. The molecule has 0 radical (unpaired) electrons. The molecule has 7 heteroatoms. The van der Waals surface area contributed by atoms with Crippen molar-refractivity contribution in [2.75, 3.05) is 0 Å². The number of aliphatic hydroxyl groups excluding tert-OH is 1. The van der Waals surface area contributed by atoms with E-state index in [9.17, 15) is 9.90 Å². The Hall–Kier alpha value is -2.85. The molecule has 0 amide bonds. The van der Waals surface area contributed by atoms with Gasteiger partial charge in [0.2, 0.25) is 5.88 Å². The molecule has 24 heavy (non-hydrogen) atoms. The van der Waals surface area contributed by atoms with E-state index in [1.54, 1.807) is 32.0 Å². The highest BCUT2D eigenvalue weighted by molar-refractivity contribution is 5.46. The zero-order valence-electron chi connectivity index (χ0n) is 13.6. The summed E-state index contributed by atoms with van der Waals surface area (Å²) in [5, 5.41) is 23.8. The van der Waals surface area contributed by atoms with Crippen LogP contribution in [0.25, 0.3) is 0 Å². The van der Waals surface area contributed by atoms with Crippen molar-refractivity contribution < 1.29 is 14.6 Å². The summed E-state index contributed by atoms with van der Waals surface area (Å²) >= 11 is 0. The summed E-state index contributed by atoms with van der Waals surface area (Å²) in [6, 6.07) is 9.81. The third kappa shape index (κ3) is 2.72. The van der Waals surface area contributed by atoms with E-state index >= 15 is 0 Å². The number of ether oxygens (including phenoxy) is 2. The smallest absolute Gasteiger partial charge is 0.266 e. The van der Waals surface area contributed by atoms with Crippen molar-refractivity contribution in [1.29, 1.82) is 5.26 Å². The fourth-order valence-corrected chi connectivity index (χ4v) is 2.61. The largest absolute Gasteiger partial charge is 0.485 e. The molecule has 0 saturated heterocycles. The van der Waals surface area contributed by atoms with Gasteiger partial charge < -0.3 is 14.6 Å². The summed E-state index contributed by atoms with van der Waals surface area (Å²) in [4.78, 5) is 11.5. The van der Waals surface area contributed by atoms with Gasteiger partial charge in [0.1, 0.15) is 17.5 Å². The van der Waals surface area contributed by atoms with Gasteiger partial charge in [0.25, 0.3) is 5.56 Å². The van der Waals surface area contributed by atoms with Crippen LogP contribution < -0.4 is 15.0 Å². The van der Waals surface area contributed by atoms with E-state index in [4.69, 9.17) is 14.7 Å². The summed E-state index contributed by atoms with van der Waals surface area (Å²) in [6.07, 6.45) is -1.76. The maximum Gasteiger partial charge on any atom is 0.266 e. The second kappa shape index (κ2) is 5.65. The molecule has 124 valence electrons. The van der Waals surface area contributed by atoms with Crippen LogP contribution in [0, 0.1) is 11.3 Å². The minimum Gasteiger partial charge on any atom is -0.485 e. The van der Waals surface area contributed by atoms with Crippen LogP contribution in [0.1, 0.15) is 31.1 Å². The molecule has 1 aromatic carbocycles. The Kier molecular flexibility index (Phi) is 3.78. The fraction of sp³-hybridized carbons (Fsp3) is 0.353. The summed E-state index contributed by atoms with van der Waals surface area (Å²) in [7, 11) is 1.52. The molecule has 0 spiro atoms. The van der Waals surface area contributed by atoms with Crippen LogP contribution in [0.15, 0.2) is 35.1 Å². The number of aliphatic hydroxyl groups is 1. The van der Waals surface area contributed by atoms with E-state index in [0.717, 1.165) is 4.68 Å². The van der Waals surface area contributed by atoms with Gasteiger partial charge in [-0.2, -0.15) is 5.26 Å². The van der Waals surface area contributed by atoms with Crippen LogP contribution in [0.5, 0.6) is 11.6 Å². The number of rotatable bonds is 2. The van der Waals surface area contributed by atoms with Crippen molar-refractivity contribution in [3.8, 4) is 17.7 Å². The molecular formula is C17H17N3O4. The van der Waals surface area contributed by atoms with E-state index in [1.165, 1.54) is 19.2 Å². The lowest BCUT2D eigenvalue weighted by molar-refractivity contribution is -0.104. The average Bonchev–Trinajstić information content (AvgIpc) is 2.54. The first-order valence-corrected chi connectivity index (χ1v) is 7.44. The predicted molar refractivity (Wildman–Crippen MR) is 84.7 cm³/mol. The zero-order valence-corrected chi connectivity index (χ0v) is 13.6. The number of fused-ring (bicyclic) bond motifs is 1. The summed E-state index contributed by atoms with van der Waals surface area (Å²) in [5.74, 6) is 0.742. The second-order valence-electron chi connectivity index (χ2n) is 6.19. The van der Waals surface area contributed by atoms with Crippen LogP contribution in [0.4, 0.5) is 0 Å². The maximum atomic E-state index is 11.5.